The zero-order chi connectivity index (χ0) is 19.8. The van der Waals surface area contributed by atoms with Crippen molar-refractivity contribution in [3.63, 3.8) is 0 Å². The summed E-state index contributed by atoms with van der Waals surface area (Å²) in [6, 6.07) is 5.72. The molecule has 144 valence electrons. The van der Waals surface area contributed by atoms with Crippen LogP contribution in [0.15, 0.2) is 40.7 Å². The van der Waals surface area contributed by atoms with Gasteiger partial charge in [-0.25, -0.2) is 22.5 Å². The van der Waals surface area contributed by atoms with Crippen molar-refractivity contribution in [1.82, 2.24) is 14.8 Å². The molecular formula is C17H20FN5O2S2. The van der Waals surface area contributed by atoms with Crippen LogP contribution >= 0.6 is 11.3 Å². The van der Waals surface area contributed by atoms with Gasteiger partial charge in [0, 0.05) is 23.3 Å². The predicted octanol–water partition coefficient (Wildman–Crippen LogP) is 4.09. The summed E-state index contributed by atoms with van der Waals surface area (Å²) in [6.45, 7) is 7.88. The average molecular weight is 410 g/mol. The van der Waals surface area contributed by atoms with E-state index in [9.17, 15) is 12.8 Å². The lowest BCUT2D eigenvalue weighted by molar-refractivity contribution is 0.359. The Labute approximate surface area is 161 Å². The lowest BCUT2D eigenvalue weighted by atomic mass is 10.1. The molecule has 0 bridgehead atoms. The normalized spacial score (nSPS) is 12.2. The van der Waals surface area contributed by atoms with Gasteiger partial charge < -0.3 is 5.32 Å². The number of hydrogen-bond donors (Lipinski definition) is 2. The van der Waals surface area contributed by atoms with Gasteiger partial charge in [0.05, 0.1) is 11.2 Å². The Hall–Kier alpha value is -2.46. The fourth-order valence-corrected chi connectivity index (χ4v) is 4.34. The highest BCUT2D eigenvalue weighted by atomic mass is 32.2. The second kappa shape index (κ2) is 6.93. The lowest BCUT2D eigenvalue weighted by Crippen LogP contribution is -2.24. The molecule has 0 atom stereocenters. The largest absolute Gasteiger partial charge is 0.340 e. The van der Waals surface area contributed by atoms with E-state index in [-0.39, 0.29) is 10.7 Å². The van der Waals surface area contributed by atoms with Crippen LogP contribution in [0.2, 0.25) is 0 Å². The van der Waals surface area contributed by atoms with Gasteiger partial charge in [-0.2, -0.15) is 5.10 Å². The zero-order valence-corrected chi connectivity index (χ0v) is 16.9. The Morgan fingerprint density at radius 1 is 1.22 bits per heavy atom. The number of rotatable bonds is 5. The van der Waals surface area contributed by atoms with Gasteiger partial charge >= 0.3 is 0 Å². The Balaban J connectivity index is 1.88. The number of anilines is 3. The summed E-state index contributed by atoms with van der Waals surface area (Å²) < 4.78 is 43.3. The number of hydrogen-bond acceptors (Lipinski definition) is 6. The van der Waals surface area contributed by atoms with Gasteiger partial charge in [0.15, 0.2) is 5.13 Å². The van der Waals surface area contributed by atoms with Crippen LogP contribution in [0.1, 0.15) is 26.5 Å². The first-order chi connectivity index (χ1) is 12.6. The van der Waals surface area contributed by atoms with E-state index in [0.29, 0.717) is 11.5 Å². The fraction of sp³-hybridized carbons (Fsp3) is 0.294. The van der Waals surface area contributed by atoms with Crippen molar-refractivity contribution in [3.8, 4) is 0 Å². The molecule has 0 saturated carbocycles. The van der Waals surface area contributed by atoms with Gasteiger partial charge in [-0.3, -0.25) is 4.72 Å². The highest BCUT2D eigenvalue weighted by Gasteiger charge is 2.22. The molecule has 3 aromatic rings. The lowest BCUT2D eigenvalue weighted by Gasteiger charge is -2.22. The van der Waals surface area contributed by atoms with Crippen molar-refractivity contribution >= 4 is 38.0 Å². The molecule has 2 N–H and O–H groups in total. The van der Waals surface area contributed by atoms with E-state index in [4.69, 9.17) is 0 Å². The summed E-state index contributed by atoms with van der Waals surface area (Å²) in [5, 5.41) is 9.36. The molecule has 2 heterocycles. The number of aromatic nitrogens is 3. The number of benzene rings is 1. The molecule has 7 nitrogen and oxygen atoms in total. The maximum atomic E-state index is 14.5. The van der Waals surface area contributed by atoms with E-state index >= 15 is 0 Å². The maximum Gasteiger partial charge on any atom is 0.266 e. The number of nitrogens with one attached hydrogen (secondary N) is 2. The summed E-state index contributed by atoms with van der Waals surface area (Å²) in [4.78, 5) is 3.41. The Morgan fingerprint density at radius 2 is 1.96 bits per heavy atom. The first kappa shape index (κ1) is 19.3. The number of halogens is 1. The van der Waals surface area contributed by atoms with Gasteiger partial charge in [-0.05, 0) is 45.9 Å². The first-order valence-corrected chi connectivity index (χ1v) is 10.5. The molecule has 1 aromatic carbocycles. The average Bonchev–Trinajstić information content (AvgIpc) is 3.15. The van der Waals surface area contributed by atoms with Crippen LogP contribution < -0.4 is 10.0 Å². The van der Waals surface area contributed by atoms with Crippen LogP contribution in [0.3, 0.4) is 0 Å². The summed E-state index contributed by atoms with van der Waals surface area (Å²) >= 11 is 1.12. The minimum atomic E-state index is -4.05. The van der Waals surface area contributed by atoms with Crippen molar-refractivity contribution in [2.75, 3.05) is 10.0 Å². The van der Waals surface area contributed by atoms with Crippen LogP contribution in [-0.2, 0) is 15.6 Å². The van der Waals surface area contributed by atoms with Crippen LogP contribution in [0.4, 0.5) is 21.0 Å². The van der Waals surface area contributed by atoms with Crippen LogP contribution in [0.25, 0.3) is 0 Å². The molecule has 0 fully saturated rings. The third kappa shape index (κ3) is 4.28. The molecule has 0 saturated heterocycles. The number of nitrogens with zero attached hydrogens (tertiary/aromatic N) is 3. The molecule has 0 radical (unpaired) electrons. The zero-order valence-electron chi connectivity index (χ0n) is 15.3. The summed E-state index contributed by atoms with van der Waals surface area (Å²) in [6.07, 6.45) is 1.46. The predicted molar refractivity (Wildman–Crippen MR) is 105 cm³/mol. The van der Waals surface area contributed by atoms with Crippen molar-refractivity contribution < 1.29 is 12.8 Å². The second-order valence-corrected chi connectivity index (χ2v) is 9.51. The van der Waals surface area contributed by atoms with E-state index in [1.807, 2.05) is 33.8 Å². The topological polar surface area (TPSA) is 88.9 Å². The standard InChI is InChI=1S/C17H20FN5O2S2/c1-11-9-15(23(21-11)17(2,3)4)20-12-5-6-14(13(18)10-12)27(24,25)22-16-19-7-8-26-16/h5-10,20H,1-4H3,(H,19,22). The maximum absolute atomic E-state index is 14.5. The number of aryl methyl sites for hydroxylation is 1. The van der Waals surface area contributed by atoms with Crippen LogP contribution in [0.5, 0.6) is 0 Å². The Morgan fingerprint density at radius 3 is 2.56 bits per heavy atom. The summed E-state index contributed by atoms with van der Waals surface area (Å²) in [7, 11) is -4.05. The minimum absolute atomic E-state index is 0.182. The van der Waals surface area contributed by atoms with Crippen molar-refractivity contribution in [2.24, 2.45) is 0 Å². The number of thiazole rings is 1. The van der Waals surface area contributed by atoms with Crippen LogP contribution in [-0.4, -0.2) is 23.2 Å². The van der Waals surface area contributed by atoms with E-state index in [1.165, 1.54) is 18.3 Å². The summed E-state index contributed by atoms with van der Waals surface area (Å²) in [5.74, 6) is -0.168. The molecule has 0 unspecified atom stereocenters. The Bertz CT molecular complexity index is 1050. The second-order valence-electron chi connectivity index (χ2n) is 6.97. The van der Waals surface area contributed by atoms with Crippen molar-refractivity contribution in [2.45, 2.75) is 38.1 Å². The fourth-order valence-electron chi connectivity index (χ4n) is 2.49. The van der Waals surface area contributed by atoms with Gasteiger partial charge in [0.25, 0.3) is 10.0 Å². The van der Waals surface area contributed by atoms with Crippen LogP contribution in [0, 0.1) is 12.7 Å². The molecule has 0 spiro atoms. The number of sulfonamides is 1. The van der Waals surface area contributed by atoms with E-state index < -0.39 is 20.7 Å². The molecule has 27 heavy (non-hydrogen) atoms. The van der Waals surface area contributed by atoms with Gasteiger partial charge in [-0.1, -0.05) is 0 Å². The highest BCUT2D eigenvalue weighted by molar-refractivity contribution is 7.93. The van der Waals surface area contributed by atoms with Gasteiger partial charge in [-0.15, -0.1) is 11.3 Å². The molecule has 0 aliphatic rings. The molecule has 2 aromatic heterocycles. The van der Waals surface area contributed by atoms with Gasteiger partial charge in [0.1, 0.15) is 16.5 Å². The quantitative estimate of drug-likeness (QED) is 0.663. The summed E-state index contributed by atoms with van der Waals surface area (Å²) in [5.41, 5.74) is 0.974. The van der Waals surface area contributed by atoms with E-state index in [2.05, 4.69) is 20.1 Å². The van der Waals surface area contributed by atoms with E-state index in [0.717, 1.165) is 23.1 Å². The minimum Gasteiger partial charge on any atom is -0.340 e. The van der Waals surface area contributed by atoms with Gasteiger partial charge in [0.2, 0.25) is 0 Å². The molecule has 0 aliphatic heterocycles. The van der Waals surface area contributed by atoms with Crippen molar-refractivity contribution in [3.05, 3.63) is 47.4 Å². The van der Waals surface area contributed by atoms with E-state index in [1.54, 1.807) is 10.1 Å². The smallest absolute Gasteiger partial charge is 0.266 e. The third-order valence-corrected chi connectivity index (χ3v) is 5.80. The third-order valence-electron chi connectivity index (χ3n) is 3.61. The van der Waals surface area contributed by atoms with Crippen molar-refractivity contribution in [1.29, 1.82) is 0 Å². The molecule has 0 aliphatic carbocycles. The first-order valence-electron chi connectivity index (χ1n) is 8.12. The Kier molecular flexibility index (Phi) is 4.96. The SMILES string of the molecule is Cc1cc(Nc2ccc(S(=O)(=O)Nc3nccs3)c(F)c2)n(C(C)(C)C)n1. The molecule has 10 heteroatoms. The highest BCUT2D eigenvalue weighted by Crippen LogP contribution is 2.27. The molecular weight excluding hydrogens is 389 g/mol. The molecule has 0 amide bonds. The monoisotopic (exact) mass is 409 g/mol. The molecule has 3 rings (SSSR count).